The van der Waals surface area contributed by atoms with Gasteiger partial charge in [0.2, 0.25) is 5.91 Å². The van der Waals surface area contributed by atoms with Gasteiger partial charge in [-0.3, -0.25) is 14.7 Å². The molecule has 0 unspecified atom stereocenters. The number of H-pyrrole nitrogens is 1. The third kappa shape index (κ3) is 2.60. The molecule has 0 aliphatic heterocycles. The highest BCUT2D eigenvalue weighted by Crippen LogP contribution is 2.16. The molecule has 0 bridgehead atoms. The minimum absolute atomic E-state index is 0.139. The topological polar surface area (TPSA) is 80.9 Å². The second-order valence-corrected chi connectivity index (χ2v) is 4.67. The Hall–Kier alpha value is -1.66. The Morgan fingerprint density at radius 3 is 2.78 bits per heavy atom. The molecule has 0 saturated heterocycles. The van der Waals surface area contributed by atoms with E-state index in [4.69, 9.17) is 5.73 Å². The first kappa shape index (κ1) is 12.8. The summed E-state index contributed by atoms with van der Waals surface area (Å²) in [6, 6.07) is 8.78. The average Bonchev–Trinajstić information content (AvgIpc) is 2.73. The molecule has 6 heteroatoms. The molecule has 1 heterocycles. The zero-order valence-electron chi connectivity index (χ0n) is 9.52. The molecule has 0 spiro atoms. The van der Waals surface area contributed by atoms with Gasteiger partial charge in [0.1, 0.15) is 0 Å². The van der Waals surface area contributed by atoms with Gasteiger partial charge < -0.3 is 5.73 Å². The van der Waals surface area contributed by atoms with E-state index >= 15 is 0 Å². The van der Waals surface area contributed by atoms with Gasteiger partial charge >= 0.3 is 0 Å². The van der Waals surface area contributed by atoms with Gasteiger partial charge in [-0.15, -0.1) is 0 Å². The minimum atomic E-state index is -0.323. The van der Waals surface area contributed by atoms with Crippen LogP contribution in [0.4, 0.5) is 0 Å². The van der Waals surface area contributed by atoms with E-state index < -0.39 is 0 Å². The van der Waals surface area contributed by atoms with Crippen LogP contribution in [0.25, 0.3) is 0 Å². The fraction of sp³-hybridized carbons (Fsp3) is 0.167. The Morgan fingerprint density at radius 1 is 1.39 bits per heavy atom. The van der Waals surface area contributed by atoms with Crippen LogP contribution in [0.3, 0.4) is 0 Å². The number of hydrogen-bond donors (Lipinski definition) is 2. The van der Waals surface area contributed by atoms with E-state index in [1.165, 1.54) is 10.7 Å². The summed E-state index contributed by atoms with van der Waals surface area (Å²) in [5.41, 5.74) is 6.51. The van der Waals surface area contributed by atoms with Gasteiger partial charge in [0.05, 0.1) is 12.1 Å². The molecular formula is C12H12BrN3O2. The van der Waals surface area contributed by atoms with E-state index in [0.717, 1.165) is 10.0 Å². The maximum Gasteiger partial charge on any atom is 0.264 e. The molecule has 94 valence electrons. The Bertz CT molecular complexity index is 630. The molecule has 2 aromatic rings. The average molecular weight is 310 g/mol. The molecule has 0 aliphatic rings. The molecule has 0 aliphatic carbocycles. The van der Waals surface area contributed by atoms with Crippen molar-refractivity contribution in [1.29, 1.82) is 0 Å². The Kier molecular flexibility index (Phi) is 3.78. The van der Waals surface area contributed by atoms with Gasteiger partial charge in [-0.25, -0.2) is 4.68 Å². The van der Waals surface area contributed by atoms with Gasteiger partial charge in [0, 0.05) is 17.1 Å². The van der Waals surface area contributed by atoms with Crippen LogP contribution in [0.5, 0.6) is 0 Å². The van der Waals surface area contributed by atoms with Gasteiger partial charge in [-0.1, -0.05) is 34.1 Å². The van der Waals surface area contributed by atoms with Crippen molar-refractivity contribution in [2.75, 3.05) is 0 Å². The summed E-state index contributed by atoms with van der Waals surface area (Å²) in [5.74, 6) is -0.218. The van der Waals surface area contributed by atoms with Crippen LogP contribution in [0.2, 0.25) is 0 Å². The first-order valence-corrected chi connectivity index (χ1v) is 6.18. The first-order valence-electron chi connectivity index (χ1n) is 5.39. The van der Waals surface area contributed by atoms with E-state index in [1.54, 1.807) is 0 Å². The molecule has 0 fully saturated rings. The van der Waals surface area contributed by atoms with Crippen LogP contribution in [0.1, 0.15) is 16.1 Å². The fourth-order valence-corrected chi connectivity index (χ4v) is 2.11. The summed E-state index contributed by atoms with van der Waals surface area (Å²) in [6.45, 7) is 0.139. The van der Waals surface area contributed by atoms with E-state index in [9.17, 15) is 9.59 Å². The number of benzene rings is 1. The first-order chi connectivity index (χ1) is 8.61. The minimum Gasteiger partial charge on any atom is -0.325 e. The highest BCUT2D eigenvalue weighted by molar-refractivity contribution is 9.10. The summed E-state index contributed by atoms with van der Waals surface area (Å²) in [5, 5.41) is 2.45. The van der Waals surface area contributed by atoms with E-state index in [-0.39, 0.29) is 24.4 Å². The standard InChI is InChI=1S/C12H12BrN3O2/c13-10-4-2-1-3-8(10)5-12(18)16-9(7-14)6-11(17)15-16/h1-4,6H,5,7,14H2,(H,15,17). The normalized spacial score (nSPS) is 10.6. The molecular weight excluding hydrogens is 298 g/mol. The van der Waals surface area contributed by atoms with Crippen molar-refractivity contribution in [1.82, 2.24) is 9.78 Å². The third-order valence-electron chi connectivity index (χ3n) is 2.56. The maximum atomic E-state index is 12.1. The van der Waals surface area contributed by atoms with Crippen molar-refractivity contribution in [2.45, 2.75) is 13.0 Å². The molecule has 1 aromatic heterocycles. The molecule has 0 amide bonds. The van der Waals surface area contributed by atoms with Crippen molar-refractivity contribution < 1.29 is 4.79 Å². The number of aromatic amines is 1. The van der Waals surface area contributed by atoms with E-state index in [0.29, 0.717) is 5.69 Å². The number of nitrogens with zero attached hydrogens (tertiary/aromatic N) is 1. The van der Waals surface area contributed by atoms with Crippen LogP contribution in [-0.2, 0) is 13.0 Å². The number of carbonyl (C=O) groups excluding carboxylic acids is 1. The number of rotatable bonds is 3. The fourth-order valence-electron chi connectivity index (χ4n) is 1.69. The second kappa shape index (κ2) is 5.32. The number of halogens is 1. The number of aromatic nitrogens is 2. The summed E-state index contributed by atoms with van der Waals surface area (Å²) in [6.07, 6.45) is 0.193. The van der Waals surface area contributed by atoms with Crippen molar-refractivity contribution in [3.8, 4) is 0 Å². The van der Waals surface area contributed by atoms with E-state index in [1.807, 2.05) is 24.3 Å². The van der Waals surface area contributed by atoms with Crippen molar-refractivity contribution >= 4 is 21.8 Å². The SMILES string of the molecule is NCc1cc(=O)[nH]n1C(=O)Cc1ccccc1Br. The molecule has 2 rings (SSSR count). The third-order valence-corrected chi connectivity index (χ3v) is 3.34. The highest BCUT2D eigenvalue weighted by Gasteiger charge is 2.12. The predicted molar refractivity (Wildman–Crippen MR) is 71.4 cm³/mol. The number of nitrogens with two attached hydrogens (primary N) is 1. The number of hydrogen-bond acceptors (Lipinski definition) is 3. The lowest BCUT2D eigenvalue weighted by Crippen LogP contribution is -2.20. The zero-order valence-corrected chi connectivity index (χ0v) is 11.1. The van der Waals surface area contributed by atoms with Gasteiger partial charge in [-0.05, 0) is 11.6 Å². The molecule has 0 radical (unpaired) electrons. The number of carbonyl (C=O) groups is 1. The van der Waals surface area contributed by atoms with Crippen molar-refractivity contribution in [3.63, 3.8) is 0 Å². The molecule has 0 atom stereocenters. The van der Waals surface area contributed by atoms with Crippen LogP contribution < -0.4 is 11.3 Å². The lowest BCUT2D eigenvalue weighted by atomic mass is 10.1. The monoisotopic (exact) mass is 309 g/mol. The molecule has 18 heavy (non-hydrogen) atoms. The molecule has 0 saturated carbocycles. The highest BCUT2D eigenvalue weighted by atomic mass is 79.9. The smallest absolute Gasteiger partial charge is 0.264 e. The molecule has 1 aromatic carbocycles. The summed E-state index contributed by atoms with van der Waals surface area (Å²) < 4.78 is 2.07. The summed E-state index contributed by atoms with van der Waals surface area (Å²) in [7, 11) is 0. The maximum absolute atomic E-state index is 12.1. The second-order valence-electron chi connectivity index (χ2n) is 3.81. The summed E-state index contributed by atoms with van der Waals surface area (Å²) >= 11 is 3.38. The predicted octanol–water partition coefficient (Wildman–Crippen LogP) is 1.28. The van der Waals surface area contributed by atoms with E-state index in [2.05, 4.69) is 21.0 Å². The lowest BCUT2D eigenvalue weighted by Gasteiger charge is -2.06. The van der Waals surface area contributed by atoms with Gasteiger partial charge in [0.15, 0.2) is 0 Å². The van der Waals surface area contributed by atoms with Crippen molar-refractivity contribution in [3.05, 3.63) is 56.4 Å². The Labute approximate surface area is 112 Å². The van der Waals surface area contributed by atoms with Crippen LogP contribution in [-0.4, -0.2) is 15.7 Å². The number of nitrogens with one attached hydrogen (secondary N) is 1. The molecule has 3 N–H and O–H groups in total. The summed E-state index contributed by atoms with van der Waals surface area (Å²) in [4.78, 5) is 23.3. The van der Waals surface area contributed by atoms with Crippen LogP contribution in [0.15, 0.2) is 39.6 Å². The van der Waals surface area contributed by atoms with Crippen LogP contribution in [0, 0.1) is 0 Å². The molecule has 5 nitrogen and oxygen atoms in total. The Morgan fingerprint density at radius 2 is 2.11 bits per heavy atom. The largest absolute Gasteiger partial charge is 0.325 e. The zero-order chi connectivity index (χ0) is 13.1. The van der Waals surface area contributed by atoms with Gasteiger partial charge in [0.25, 0.3) is 5.56 Å². The van der Waals surface area contributed by atoms with Crippen LogP contribution >= 0.6 is 15.9 Å². The van der Waals surface area contributed by atoms with Crippen molar-refractivity contribution in [2.24, 2.45) is 5.73 Å². The van der Waals surface area contributed by atoms with Gasteiger partial charge in [-0.2, -0.15) is 0 Å². The quantitative estimate of drug-likeness (QED) is 0.896. The lowest BCUT2D eigenvalue weighted by molar-refractivity contribution is 0.0894. The Balaban J connectivity index is 2.27.